The molecule has 1 aromatic heterocycles. The van der Waals surface area contributed by atoms with Crippen molar-refractivity contribution in [1.29, 1.82) is 0 Å². The molecule has 2 N–H and O–H groups in total. The van der Waals surface area contributed by atoms with Gasteiger partial charge in [0.2, 0.25) is 0 Å². The first-order valence-electron chi connectivity index (χ1n) is 9.25. The minimum absolute atomic E-state index is 0.323. The lowest BCUT2D eigenvalue weighted by Gasteiger charge is -2.31. The lowest BCUT2D eigenvalue weighted by molar-refractivity contribution is 0.127. The number of hydrogen-bond donors (Lipinski definition) is 2. The van der Waals surface area contributed by atoms with Crippen LogP contribution in [0.25, 0.3) is 0 Å². The monoisotopic (exact) mass is 343 g/mol. The Morgan fingerprint density at radius 3 is 2.68 bits per heavy atom. The van der Waals surface area contributed by atoms with Crippen LogP contribution in [0.2, 0.25) is 0 Å². The van der Waals surface area contributed by atoms with Gasteiger partial charge in [0.25, 0.3) is 0 Å². The summed E-state index contributed by atoms with van der Waals surface area (Å²) >= 11 is 0. The van der Waals surface area contributed by atoms with Gasteiger partial charge in [-0.1, -0.05) is 18.2 Å². The molecule has 136 valence electrons. The van der Waals surface area contributed by atoms with E-state index < -0.39 is 0 Å². The molecule has 0 unspecified atom stereocenters. The van der Waals surface area contributed by atoms with E-state index in [1.54, 1.807) is 0 Å². The predicted octanol–water partition coefficient (Wildman–Crippen LogP) is 2.42. The van der Waals surface area contributed by atoms with Gasteiger partial charge in [0.15, 0.2) is 5.82 Å². The molecular weight excluding hydrogens is 314 g/mol. The van der Waals surface area contributed by atoms with Gasteiger partial charge in [-0.2, -0.15) is 0 Å². The molecule has 0 amide bonds. The van der Waals surface area contributed by atoms with Gasteiger partial charge in [0.1, 0.15) is 5.82 Å². The average molecular weight is 343 g/mol. The van der Waals surface area contributed by atoms with Crippen LogP contribution >= 0.6 is 0 Å². The minimum atomic E-state index is 0.323. The van der Waals surface area contributed by atoms with Crippen LogP contribution in [0.15, 0.2) is 24.3 Å². The maximum atomic E-state index is 9.29. The Kier molecular flexibility index (Phi) is 6.04. The Hall–Kier alpha value is -1.92. The zero-order valence-corrected chi connectivity index (χ0v) is 15.3. The van der Waals surface area contributed by atoms with Crippen LogP contribution in [0, 0.1) is 12.8 Å². The predicted molar refractivity (Wildman–Crippen MR) is 99.3 cm³/mol. The van der Waals surface area contributed by atoms with Gasteiger partial charge in [-0.25, -0.2) is 0 Å². The first kappa shape index (κ1) is 17.9. The number of likely N-dealkylation sites (tertiary alicyclic amines) is 1. The second-order valence-electron chi connectivity index (χ2n) is 6.82. The summed E-state index contributed by atoms with van der Waals surface area (Å²) < 4.78 is 2.13. The van der Waals surface area contributed by atoms with Crippen LogP contribution in [-0.4, -0.2) is 44.5 Å². The fourth-order valence-corrected chi connectivity index (χ4v) is 3.54. The number of aryl methyl sites for hydroxylation is 1. The summed E-state index contributed by atoms with van der Waals surface area (Å²) in [5.41, 5.74) is 2.47. The van der Waals surface area contributed by atoms with Crippen molar-refractivity contribution in [3.8, 4) is 0 Å². The molecule has 1 saturated heterocycles. The van der Waals surface area contributed by atoms with Gasteiger partial charge in [-0.3, -0.25) is 4.90 Å². The van der Waals surface area contributed by atoms with Crippen LogP contribution < -0.4 is 5.32 Å². The fourth-order valence-electron chi connectivity index (χ4n) is 3.54. The summed E-state index contributed by atoms with van der Waals surface area (Å²) in [5.74, 6) is 2.41. The van der Waals surface area contributed by atoms with E-state index in [0.29, 0.717) is 19.1 Å². The molecule has 1 aliphatic heterocycles. The second kappa shape index (κ2) is 8.45. The fraction of sp³-hybridized carbons (Fsp3) is 0.579. The molecule has 0 aliphatic carbocycles. The van der Waals surface area contributed by atoms with E-state index >= 15 is 0 Å². The molecule has 2 heterocycles. The highest BCUT2D eigenvalue weighted by Crippen LogP contribution is 2.22. The molecule has 2 aromatic rings. The van der Waals surface area contributed by atoms with Crippen molar-refractivity contribution in [3.05, 3.63) is 41.5 Å². The zero-order valence-electron chi connectivity index (χ0n) is 15.3. The van der Waals surface area contributed by atoms with Gasteiger partial charge in [-0.05, 0) is 57.3 Å². The molecule has 0 saturated carbocycles. The van der Waals surface area contributed by atoms with Crippen molar-refractivity contribution in [2.45, 2.75) is 46.3 Å². The van der Waals surface area contributed by atoms with E-state index in [1.165, 1.54) is 5.56 Å². The zero-order chi connectivity index (χ0) is 17.6. The van der Waals surface area contributed by atoms with Gasteiger partial charge in [0, 0.05) is 25.4 Å². The molecule has 3 rings (SSSR count). The largest absolute Gasteiger partial charge is 0.396 e. The maximum absolute atomic E-state index is 9.29. The summed E-state index contributed by atoms with van der Waals surface area (Å²) in [6.45, 7) is 9.06. The number of aliphatic hydroxyl groups excluding tert-OH is 1. The molecular formula is C19H29N5O. The first-order valence-corrected chi connectivity index (χ1v) is 9.25. The maximum Gasteiger partial charge on any atom is 0.152 e. The van der Waals surface area contributed by atoms with E-state index in [2.05, 4.69) is 56.2 Å². The number of para-hydroxylation sites is 1. The third-order valence-electron chi connectivity index (χ3n) is 5.14. The molecule has 25 heavy (non-hydrogen) atoms. The molecule has 0 bridgehead atoms. The van der Waals surface area contributed by atoms with E-state index in [0.717, 1.165) is 56.4 Å². The highest BCUT2D eigenvalue weighted by atomic mass is 16.3. The SMILES string of the molecule is CCn1c(C)nnc1CNc1ccccc1CN1CCC(CO)CC1. The quantitative estimate of drug-likeness (QED) is 0.808. The molecule has 6 nitrogen and oxygen atoms in total. The topological polar surface area (TPSA) is 66.2 Å². The van der Waals surface area contributed by atoms with Crippen molar-refractivity contribution >= 4 is 5.69 Å². The van der Waals surface area contributed by atoms with Crippen LogP contribution in [0.4, 0.5) is 5.69 Å². The Morgan fingerprint density at radius 1 is 1.20 bits per heavy atom. The van der Waals surface area contributed by atoms with Crippen molar-refractivity contribution in [3.63, 3.8) is 0 Å². The molecule has 1 fully saturated rings. The number of nitrogens with zero attached hydrogens (tertiary/aromatic N) is 4. The number of rotatable bonds is 7. The second-order valence-corrected chi connectivity index (χ2v) is 6.82. The number of hydrogen-bond acceptors (Lipinski definition) is 5. The van der Waals surface area contributed by atoms with Gasteiger partial charge < -0.3 is 15.0 Å². The summed E-state index contributed by atoms with van der Waals surface area (Å²) in [4.78, 5) is 2.48. The van der Waals surface area contributed by atoms with E-state index in [1.807, 2.05) is 6.92 Å². The Bertz CT molecular complexity index is 676. The van der Waals surface area contributed by atoms with Crippen LogP contribution in [0.3, 0.4) is 0 Å². The summed E-state index contributed by atoms with van der Waals surface area (Å²) in [6, 6.07) is 8.49. The van der Waals surface area contributed by atoms with E-state index in [4.69, 9.17) is 0 Å². The molecule has 6 heteroatoms. The van der Waals surface area contributed by atoms with Crippen molar-refractivity contribution in [1.82, 2.24) is 19.7 Å². The molecule has 0 spiro atoms. The highest BCUT2D eigenvalue weighted by Gasteiger charge is 2.19. The van der Waals surface area contributed by atoms with Crippen molar-refractivity contribution < 1.29 is 5.11 Å². The minimum Gasteiger partial charge on any atom is -0.396 e. The number of benzene rings is 1. The average Bonchev–Trinajstić information content (AvgIpc) is 3.01. The number of aromatic nitrogens is 3. The number of nitrogens with one attached hydrogen (secondary N) is 1. The Morgan fingerprint density at radius 2 is 1.96 bits per heavy atom. The Balaban J connectivity index is 1.63. The summed E-state index contributed by atoms with van der Waals surface area (Å²) in [6.07, 6.45) is 2.18. The summed E-state index contributed by atoms with van der Waals surface area (Å²) in [5, 5.41) is 21.3. The van der Waals surface area contributed by atoms with E-state index in [9.17, 15) is 5.11 Å². The van der Waals surface area contributed by atoms with Gasteiger partial charge in [-0.15, -0.1) is 10.2 Å². The molecule has 1 aromatic carbocycles. The van der Waals surface area contributed by atoms with Crippen LogP contribution in [-0.2, 0) is 19.6 Å². The van der Waals surface area contributed by atoms with Gasteiger partial charge >= 0.3 is 0 Å². The standard InChI is InChI=1S/C19H29N5O/c1-3-24-15(2)21-22-19(24)12-20-18-7-5-4-6-17(18)13-23-10-8-16(14-25)9-11-23/h4-7,16,20,25H,3,8-14H2,1-2H3. The van der Waals surface area contributed by atoms with Crippen LogP contribution in [0.1, 0.15) is 37.0 Å². The van der Waals surface area contributed by atoms with Crippen LogP contribution in [0.5, 0.6) is 0 Å². The number of aliphatic hydroxyl groups is 1. The van der Waals surface area contributed by atoms with Gasteiger partial charge in [0.05, 0.1) is 6.54 Å². The third-order valence-corrected chi connectivity index (χ3v) is 5.14. The smallest absolute Gasteiger partial charge is 0.152 e. The first-order chi connectivity index (χ1) is 12.2. The number of piperidine rings is 1. The van der Waals surface area contributed by atoms with Crippen molar-refractivity contribution in [2.75, 3.05) is 25.0 Å². The molecule has 1 aliphatic rings. The lowest BCUT2D eigenvalue weighted by atomic mass is 9.97. The third kappa shape index (κ3) is 4.38. The Labute approximate surface area is 149 Å². The summed E-state index contributed by atoms with van der Waals surface area (Å²) in [7, 11) is 0. The number of anilines is 1. The lowest BCUT2D eigenvalue weighted by Crippen LogP contribution is -2.34. The van der Waals surface area contributed by atoms with Crippen molar-refractivity contribution in [2.24, 2.45) is 5.92 Å². The normalized spacial score (nSPS) is 16.3. The molecule has 0 atom stereocenters. The highest BCUT2D eigenvalue weighted by molar-refractivity contribution is 5.51. The van der Waals surface area contributed by atoms with E-state index in [-0.39, 0.29) is 0 Å². The molecule has 0 radical (unpaired) electrons.